The third kappa shape index (κ3) is 5.48. The van der Waals surface area contributed by atoms with Crippen LogP contribution in [0.5, 0.6) is 0 Å². The number of hydrogen-bond acceptors (Lipinski definition) is 5. The smallest absolute Gasteiger partial charge is 0.286 e. The lowest BCUT2D eigenvalue weighted by Gasteiger charge is -2.21. The van der Waals surface area contributed by atoms with Crippen LogP contribution in [-0.2, 0) is 14.8 Å². The first kappa shape index (κ1) is 22.0. The maximum Gasteiger partial charge on any atom is 0.286 e. The van der Waals surface area contributed by atoms with Crippen molar-refractivity contribution in [3.05, 3.63) is 47.9 Å². The molecule has 0 radical (unpaired) electrons. The molecule has 0 atom stereocenters. The molecule has 1 aromatic heterocycles. The minimum Gasteiger partial charge on any atom is -0.459 e. The van der Waals surface area contributed by atoms with Gasteiger partial charge in [-0.3, -0.25) is 9.59 Å². The lowest BCUT2D eigenvalue weighted by atomic mass is 10.2. The molecule has 0 aliphatic carbocycles. The number of sulfonamides is 1. The van der Waals surface area contributed by atoms with E-state index >= 15 is 0 Å². The van der Waals surface area contributed by atoms with Crippen LogP contribution in [0.2, 0.25) is 0 Å². The Labute approximate surface area is 176 Å². The van der Waals surface area contributed by atoms with Crippen molar-refractivity contribution in [2.75, 3.05) is 25.0 Å². The Bertz CT molecular complexity index is 978. The Morgan fingerprint density at radius 3 is 2.50 bits per heavy atom. The van der Waals surface area contributed by atoms with Crippen molar-refractivity contribution >= 4 is 27.5 Å². The van der Waals surface area contributed by atoms with E-state index in [1.165, 1.54) is 22.7 Å². The Hall–Kier alpha value is -2.65. The molecule has 0 saturated carbocycles. The van der Waals surface area contributed by atoms with Crippen LogP contribution in [0, 0.1) is 6.92 Å². The summed E-state index contributed by atoms with van der Waals surface area (Å²) in [7, 11) is -3.61. The number of nitrogens with zero attached hydrogens (tertiary/aromatic N) is 1. The topological polar surface area (TPSA) is 109 Å². The highest BCUT2D eigenvalue weighted by Crippen LogP contribution is 2.25. The second kappa shape index (κ2) is 9.90. The van der Waals surface area contributed by atoms with Crippen molar-refractivity contribution in [1.82, 2.24) is 9.62 Å². The molecular formula is C21H27N3O5S. The van der Waals surface area contributed by atoms with Crippen LogP contribution in [-0.4, -0.2) is 44.2 Å². The number of hydrogen-bond donors (Lipinski definition) is 2. The molecule has 1 aliphatic heterocycles. The van der Waals surface area contributed by atoms with Gasteiger partial charge in [-0.25, -0.2) is 8.42 Å². The van der Waals surface area contributed by atoms with Crippen LogP contribution in [0.25, 0.3) is 0 Å². The summed E-state index contributed by atoms with van der Waals surface area (Å²) in [4.78, 5) is 24.2. The van der Waals surface area contributed by atoms with Crippen LogP contribution in [0.3, 0.4) is 0 Å². The highest BCUT2D eigenvalue weighted by atomic mass is 32.2. The molecular weight excluding hydrogens is 406 g/mol. The third-order valence-corrected chi connectivity index (χ3v) is 7.08. The van der Waals surface area contributed by atoms with E-state index in [2.05, 4.69) is 10.6 Å². The molecule has 162 valence electrons. The van der Waals surface area contributed by atoms with E-state index < -0.39 is 15.9 Å². The van der Waals surface area contributed by atoms with Crippen molar-refractivity contribution < 1.29 is 22.4 Å². The summed E-state index contributed by atoms with van der Waals surface area (Å²) in [6.45, 7) is 2.93. The van der Waals surface area contributed by atoms with Gasteiger partial charge in [-0.2, -0.15) is 4.31 Å². The van der Waals surface area contributed by atoms with Crippen molar-refractivity contribution in [3.63, 3.8) is 0 Å². The van der Waals surface area contributed by atoms with E-state index in [1.54, 1.807) is 25.1 Å². The number of carbonyl (C=O) groups excluding carboxylic acids is 2. The molecule has 30 heavy (non-hydrogen) atoms. The first-order valence-corrected chi connectivity index (χ1v) is 11.5. The Balaban J connectivity index is 1.61. The van der Waals surface area contributed by atoms with E-state index in [4.69, 9.17) is 4.42 Å². The van der Waals surface area contributed by atoms with Crippen molar-refractivity contribution in [3.8, 4) is 0 Å². The second-order valence-corrected chi connectivity index (χ2v) is 9.24. The summed E-state index contributed by atoms with van der Waals surface area (Å²) in [5.74, 6) is -0.539. The van der Waals surface area contributed by atoms with E-state index in [9.17, 15) is 18.0 Å². The maximum atomic E-state index is 13.1. The van der Waals surface area contributed by atoms with Gasteiger partial charge < -0.3 is 15.1 Å². The lowest BCUT2D eigenvalue weighted by molar-refractivity contribution is -0.116. The van der Waals surface area contributed by atoms with Gasteiger partial charge in [0.2, 0.25) is 15.9 Å². The lowest BCUT2D eigenvalue weighted by Crippen LogP contribution is -2.32. The van der Waals surface area contributed by atoms with Crippen LogP contribution in [0.15, 0.2) is 45.9 Å². The average molecular weight is 434 g/mol. The Kier molecular flexibility index (Phi) is 7.28. The fourth-order valence-corrected chi connectivity index (χ4v) is 5.15. The molecule has 0 unspecified atom stereocenters. The zero-order valence-corrected chi connectivity index (χ0v) is 17.8. The fourth-order valence-electron chi connectivity index (χ4n) is 3.38. The molecule has 2 heterocycles. The molecule has 3 rings (SSSR count). The van der Waals surface area contributed by atoms with Crippen LogP contribution in [0.4, 0.5) is 5.69 Å². The van der Waals surface area contributed by atoms with Gasteiger partial charge in [0.1, 0.15) is 0 Å². The first-order chi connectivity index (χ1) is 14.4. The number of rotatable bonds is 7. The number of carbonyl (C=O) groups is 2. The molecule has 1 aromatic carbocycles. The predicted molar refractivity (Wildman–Crippen MR) is 113 cm³/mol. The maximum absolute atomic E-state index is 13.1. The molecule has 2 amide bonds. The van der Waals surface area contributed by atoms with Gasteiger partial charge in [0.05, 0.1) is 11.2 Å². The van der Waals surface area contributed by atoms with Gasteiger partial charge in [0, 0.05) is 31.7 Å². The number of benzene rings is 1. The van der Waals surface area contributed by atoms with Gasteiger partial charge in [-0.1, -0.05) is 18.9 Å². The Morgan fingerprint density at radius 2 is 1.83 bits per heavy atom. The molecule has 0 spiro atoms. The molecule has 1 fully saturated rings. The number of amides is 2. The van der Waals surface area contributed by atoms with Gasteiger partial charge in [0.15, 0.2) is 5.76 Å². The minimum atomic E-state index is -3.61. The van der Waals surface area contributed by atoms with E-state index in [0.717, 1.165) is 25.7 Å². The van der Waals surface area contributed by atoms with E-state index in [-0.39, 0.29) is 29.5 Å². The molecule has 2 aromatic rings. The standard InChI is InChI=1S/C21H27N3O5S/c1-16-8-9-17(15-19(16)30(27,28)24-12-4-2-3-5-13-24)23-20(25)10-11-22-21(26)18-7-6-14-29-18/h6-9,14-15H,2-5,10-13H2,1H3,(H,22,26)(H,23,25). The summed E-state index contributed by atoms with van der Waals surface area (Å²) in [6.07, 6.45) is 5.25. The van der Waals surface area contributed by atoms with Gasteiger partial charge in [0.25, 0.3) is 5.91 Å². The number of nitrogens with one attached hydrogen (secondary N) is 2. The summed E-state index contributed by atoms with van der Waals surface area (Å²) in [5, 5.41) is 5.31. The normalized spacial score (nSPS) is 15.4. The molecule has 2 N–H and O–H groups in total. The SMILES string of the molecule is Cc1ccc(NC(=O)CCNC(=O)c2ccco2)cc1S(=O)(=O)N1CCCCCC1. The number of anilines is 1. The predicted octanol–water partition coefficient (Wildman–Crippen LogP) is 2.91. The fraction of sp³-hybridized carbons (Fsp3) is 0.429. The first-order valence-electron chi connectivity index (χ1n) is 10.1. The zero-order chi connectivity index (χ0) is 21.6. The second-order valence-electron chi connectivity index (χ2n) is 7.33. The monoisotopic (exact) mass is 433 g/mol. The third-order valence-electron chi connectivity index (χ3n) is 5.04. The van der Waals surface area contributed by atoms with Crippen LogP contribution < -0.4 is 10.6 Å². The molecule has 9 heteroatoms. The van der Waals surface area contributed by atoms with Crippen LogP contribution in [0.1, 0.15) is 48.2 Å². The summed E-state index contributed by atoms with van der Waals surface area (Å²) >= 11 is 0. The molecule has 1 aliphatic rings. The largest absolute Gasteiger partial charge is 0.459 e. The quantitative estimate of drug-likeness (QED) is 0.698. The van der Waals surface area contributed by atoms with Crippen molar-refractivity contribution in [1.29, 1.82) is 0 Å². The molecule has 8 nitrogen and oxygen atoms in total. The van der Waals surface area contributed by atoms with Crippen molar-refractivity contribution in [2.45, 2.75) is 43.9 Å². The molecule has 0 bridgehead atoms. The Morgan fingerprint density at radius 1 is 1.10 bits per heavy atom. The highest BCUT2D eigenvalue weighted by Gasteiger charge is 2.27. The van der Waals surface area contributed by atoms with E-state index in [1.807, 2.05) is 0 Å². The summed E-state index contributed by atoms with van der Waals surface area (Å²) in [5.41, 5.74) is 1.05. The summed E-state index contributed by atoms with van der Waals surface area (Å²) < 4.78 is 32.8. The highest BCUT2D eigenvalue weighted by molar-refractivity contribution is 7.89. The van der Waals surface area contributed by atoms with E-state index in [0.29, 0.717) is 24.3 Å². The number of aryl methyl sites for hydroxylation is 1. The molecule has 1 saturated heterocycles. The average Bonchev–Trinajstić information content (AvgIpc) is 3.11. The number of furan rings is 1. The van der Waals surface area contributed by atoms with Gasteiger partial charge >= 0.3 is 0 Å². The zero-order valence-electron chi connectivity index (χ0n) is 17.0. The minimum absolute atomic E-state index is 0.0501. The summed E-state index contributed by atoms with van der Waals surface area (Å²) in [6, 6.07) is 8.02. The van der Waals surface area contributed by atoms with Crippen LogP contribution >= 0.6 is 0 Å². The van der Waals surface area contributed by atoms with Gasteiger partial charge in [-0.15, -0.1) is 0 Å². The van der Waals surface area contributed by atoms with Crippen molar-refractivity contribution in [2.24, 2.45) is 0 Å². The van der Waals surface area contributed by atoms with Gasteiger partial charge in [-0.05, 0) is 49.6 Å².